The number of aryl methyl sites for hydroxylation is 1. The second kappa shape index (κ2) is 4.52. The van der Waals surface area contributed by atoms with Gasteiger partial charge in [-0.3, -0.25) is 4.98 Å². The molecule has 1 aromatic rings. The Hall–Kier alpha value is -0.930. The van der Waals surface area contributed by atoms with Gasteiger partial charge < -0.3 is 10.0 Å². The molecule has 2 rings (SSSR count). The minimum absolute atomic E-state index is 0.677. The van der Waals surface area contributed by atoms with Gasteiger partial charge in [-0.2, -0.15) is 0 Å². The lowest BCUT2D eigenvalue weighted by atomic mass is 9.87. The first-order chi connectivity index (χ1) is 7.60. The number of aliphatic hydroxyl groups is 1. The van der Waals surface area contributed by atoms with Gasteiger partial charge in [0, 0.05) is 24.5 Å². The van der Waals surface area contributed by atoms with Crippen LogP contribution in [0.3, 0.4) is 0 Å². The zero-order chi connectivity index (χ0) is 11.6. The molecular weight excluding hydrogens is 200 g/mol. The van der Waals surface area contributed by atoms with E-state index in [1.807, 2.05) is 13.1 Å². The summed E-state index contributed by atoms with van der Waals surface area (Å²) in [6.45, 7) is 4.04. The second-order valence-corrected chi connectivity index (χ2v) is 4.94. The summed E-state index contributed by atoms with van der Waals surface area (Å²) in [6, 6.07) is 2.05. The number of pyridine rings is 1. The lowest BCUT2D eigenvalue weighted by molar-refractivity contribution is 0.0214. The minimum atomic E-state index is -0.677. The topological polar surface area (TPSA) is 36.4 Å². The van der Waals surface area contributed by atoms with Gasteiger partial charge in [-0.25, -0.2) is 0 Å². The molecule has 16 heavy (non-hydrogen) atoms. The molecule has 0 saturated carbocycles. The predicted octanol–water partition coefficient (Wildman–Crippen LogP) is 1.69. The molecule has 1 aliphatic rings. The second-order valence-electron chi connectivity index (χ2n) is 4.94. The van der Waals surface area contributed by atoms with E-state index in [0.29, 0.717) is 0 Å². The van der Waals surface area contributed by atoms with Crippen molar-refractivity contribution in [3.63, 3.8) is 0 Å². The summed E-state index contributed by atoms with van der Waals surface area (Å²) in [5, 5.41) is 10.7. The molecule has 3 nitrogen and oxygen atoms in total. The first kappa shape index (κ1) is 11.6. The van der Waals surface area contributed by atoms with Crippen LogP contribution in [0.2, 0.25) is 0 Å². The maximum Gasteiger partial charge on any atom is 0.0924 e. The fraction of sp³-hybridized carbons (Fsp3) is 0.615. The third-order valence-corrected chi connectivity index (χ3v) is 3.45. The molecule has 0 bridgehead atoms. The van der Waals surface area contributed by atoms with Crippen molar-refractivity contribution in [2.24, 2.45) is 0 Å². The number of aromatic nitrogens is 1. The van der Waals surface area contributed by atoms with Crippen molar-refractivity contribution in [3.05, 3.63) is 29.6 Å². The number of rotatable bonds is 1. The van der Waals surface area contributed by atoms with Crippen LogP contribution < -0.4 is 0 Å². The minimum Gasteiger partial charge on any atom is -0.385 e. The standard InChI is InChI=1S/C13H20N2O/c1-11-8-12(10-14-9-11)13(16)4-3-6-15(2)7-5-13/h8-10,16H,3-7H2,1-2H3. The molecule has 1 aliphatic heterocycles. The van der Waals surface area contributed by atoms with Crippen LogP contribution >= 0.6 is 0 Å². The van der Waals surface area contributed by atoms with E-state index in [1.54, 1.807) is 6.20 Å². The van der Waals surface area contributed by atoms with Gasteiger partial charge >= 0.3 is 0 Å². The average molecular weight is 220 g/mol. The molecule has 0 radical (unpaired) electrons. The van der Waals surface area contributed by atoms with Crippen molar-refractivity contribution in [2.75, 3.05) is 20.1 Å². The third-order valence-electron chi connectivity index (χ3n) is 3.45. The predicted molar refractivity (Wildman–Crippen MR) is 64.2 cm³/mol. The van der Waals surface area contributed by atoms with E-state index in [0.717, 1.165) is 43.5 Å². The highest BCUT2D eigenvalue weighted by Crippen LogP contribution is 2.32. The van der Waals surface area contributed by atoms with Crippen LogP contribution in [0, 0.1) is 6.92 Å². The van der Waals surface area contributed by atoms with Crippen LogP contribution in [0.1, 0.15) is 30.4 Å². The van der Waals surface area contributed by atoms with E-state index in [4.69, 9.17) is 0 Å². The van der Waals surface area contributed by atoms with E-state index < -0.39 is 5.60 Å². The van der Waals surface area contributed by atoms with E-state index in [-0.39, 0.29) is 0 Å². The molecule has 0 aliphatic carbocycles. The van der Waals surface area contributed by atoms with Crippen molar-refractivity contribution in [1.82, 2.24) is 9.88 Å². The summed E-state index contributed by atoms with van der Waals surface area (Å²) in [5.41, 5.74) is 1.41. The van der Waals surface area contributed by atoms with Gasteiger partial charge in [0.2, 0.25) is 0 Å². The van der Waals surface area contributed by atoms with E-state index in [2.05, 4.69) is 23.0 Å². The Bertz CT molecular complexity index is 367. The summed E-state index contributed by atoms with van der Waals surface area (Å²) in [5.74, 6) is 0. The summed E-state index contributed by atoms with van der Waals surface area (Å²) >= 11 is 0. The number of hydrogen-bond donors (Lipinski definition) is 1. The highest BCUT2D eigenvalue weighted by molar-refractivity contribution is 5.23. The Kier molecular flexibility index (Phi) is 3.26. The van der Waals surface area contributed by atoms with Crippen molar-refractivity contribution in [2.45, 2.75) is 31.8 Å². The Morgan fingerprint density at radius 2 is 2.12 bits per heavy atom. The van der Waals surface area contributed by atoms with Gasteiger partial charge in [0.25, 0.3) is 0 Å². The quantitative estimate of drug-likeness (QED) is 0.782. The highest BCUT2D eigenvalue weighted by atomic mass is 16.3. The van der Waals surface area contributed by atoms with Crippen LogP contribution in [0.15, 0.2) is 18.5 Å². The van der Waals surface area contributed by atoms with Gasteiger partial charge in [0.05, 0.1) is 5.60 Å². The smallest absolute Gasteiger partial charge is 0.0924 e. The van der Waals surface area contributed by atoms with Crippen molar-refractivity contribution in [1.29, 1.82) is 0 Å². The van der Waals surface area contributed by atoms with Crippen LogP contribution in [0.4, 0.5) is 0 Å². The van der Waals surface area contributed by atoms with Gasteiger partial charge in [-0.05, 0) is 45.3 Å². The van der Waals surface area contributed by atoms with Crippen LogP contribution in [-0.2, 0) is 5.60 Å². The maximum atomic E-state index is 10.7. The Labute approximate surface area is 97.1 Å². The molecule has 1 N–H and O–H groups in total. The SMILES string of the molecule is Cc1cncc(C2(O)CCCN(C)CC2)c1. The molecule has 2 heterocycles. The molecule has 1 atom stereocenters. The summed E-state index contributed by atoms with van der Waals surface area (Å²) in [7, 11) is 2.11. The van der Waals surface area contributed by atoms with Gasteiger partial charge in [-0.1, -0.05) is 6.07 Å². The van der Waals surface area contributed by atoms with Crippen molar-refractivity contribution < 1.29 is 5.11 Å². The van der Waals surface area contributed by atoms with Crippen LogP contribution in [0.5, 0.6) is 0 Å². The lowest BCUT2D eigenvalue weighted by Gasteiger charge is -2.27. The number of nitrogens with zero attached hydrogens (tertiary/aromatic N) is 2. The molecule has 88 valence electrons. The summed E-state index contributed by atoms with van der Waals surface area (Å²) in [6.07, 6.45) is 6.31. The van der Waals surface area contributed by atoms with Crippen molar-refractivity contribution in [3.8, 4) is 0 Å². The largest absolute Gasteiger partial charge is 0.385 e. The Morgan fingerprint density at radius 3 is 2.88 bits per heavy atom. The maximum absolute atomic E-state index is 10.7. The van der Waals surface area contributed by atoms with Crippen molar-refractivity contribution >= 4 is 0 Å². The van der Waals surface area contributed by atoms with Gasteiger partial charge in [0.1, 0.15) is 0 Å². The fourth-order valence-corrected chi connectivity index (χ4v) is 2.35. The molecule has 3 heteroatoms. The normalized spacial score (nSPS) is 27.7. The molecule has 0 amide bonds. The Balaban J connectivity index is 2.23. The Morgan fingerprint density at radius 1 is 1.31 bits per heavy atom. The number of likely N-dealkylation sites (tertiary alicyclic amines) is 1. The molecule has 1 saturated heterocycles. The zero-order valence-corrected chi connectivity index (χ0v) is 10.1. The van der Waals surface area contributed by atoms with E-state index in [1.165, 1.54) is 0 Å². The average Bonchev–Trinajstić information content (AvgIpc) is 2.42. The molecule has 0 spiro atoms. The first-order valence-corrected chi connectivity index (χ1v) is 5.93. The van der Waals surface area contributed by atoms with Crippen LogP contribution in [-0.4, -0.2) is 35.1 Å². The first-order valence-electron chi connectivity index (χ1n) is 5.93. The third kappa shape index (κ3) is 2.42. The van der Waals surface area contributed by atoms with Gasteiger partial charge in [-0.15, -0.1) is 0 Å². The molecular formula is C13H20N2O. The molecule has 1 aromatic heterocycles. The summed E-state index contributed by atoms with van der Waals surface area (Å²) in [4.78, 5) is 6.46. The number of hydrogen-bond acceptors (Lipinski definition) is 3. The van der Waals surface area contributed by atoms with Gasteiger partial charge in [0.15, 0.2) is 0 Å². The zero-order valence-electron chi connectivity index (χ0n) is 10.1. The molecule has 1 unspecified atom stereocenters. The monoisotopic (exact) mass is 220 g/mol. The summed E-state index contributed by atoms with van der Waals surface area (Å²) < 4.78 is 0. The lowest BCUT2D eigenvalue weighted by Crippen LogP contribution is -2.28. The van der Waals surface area contributed by atoms with E-state index >= 15 is 0 Å². The fourth-order valence-electron chi connectivity index (χ4n) is 2.35. The van der Waals surface area contributed by atoms with E-state index in [9.17, 15) is 5.11 Å². The molecule has 1 fully saturated rings. The highest BCUT2D eigenvalue weighted by Gasteiger charge is 2.31. The molecule has 0 aromatic carbocycles. The van der Waals surface area contributed by atoms with Crippen LogP contribution in [0.25, 0.3) is 0 Å².